The van der Waals surface area contributed by atoms with Crippen LogP contribution in [0.5, 0.6) is 0 Å². The largest absolute Gasteiger partial charge is 0.480 e. The molecule has 1 spiro atoms. The first-order valence-corrected chi connectivity index (χ1v) is 5.72. The summed E-state index contributed by atoms with van der Waals surface area (Å²) in [5.74, 6) is -0.700. The van der Waals surface area contributed by atoms with Crippen molar-refractivity contribution in [1.82, 2.24) is 9.80 Å². The van der Waals surface area contributed by atoms with Crippen LogP contribution in [-0.4, -0.2) is 60.6 Å². The molecule has 2 fully saturated rings. The van der Waals surface area contributed by atoms with E-state index in [0.717, 1.165) is 13.1 Å². The lowest BCUT2D eigenvalue weighted by Crippen LogP contribution is -2.43. The van der Waals surface area contributed by atoms with E-state index >= 15 is 0 Å². The Morgan fingerprint density at radius 1 is 1.27 bits per heavy atom. The van der Waals surface area contributed by atoms with Crippen molar-refractivity contribution in [3.63, 3.8) is 0 Å². The van der Waals surface area contributed by atoms with E-state index in [1.807, 2.05) is 0 Å². The molecular formula is C11H20N2O2. The number of rotatable bonds is 2. The molecule has 0 aliphatic carbocycles. The second-order valence-corrected chi connectivity index (χ2v) is 5.16. The zero-order chi connectivity index (χ0) is 10.9. The van der Waals surface area contributed by atoms with Crippen molar-refractivity contribution < 1.29 is 9.90 Å². The first-order valence-electron chi connectivity index (χ1n) is 5.72. The molecule has 0 radical (unpaired) electrons. The van der Waals surface area contributed by atoms with Gasteiger partial charge >= 0.3 is 5.97 Å². The van der Waals surface area contributed by atoms with Crippen molar-refractivity contribution in [2.45, 2.75) is 19.3 Å². The maximum absolute atomic E-state index is 10.6. The smallest absolute Gasteiger partial charge is 0.317 e. The van der Waals surface area contributed by atoms with Gasteiger partial charge in [-0.05, 0) is 51.4 Å². The Kier molecular flexibility index (Phi) is 2.98. The van der Waals surface area contributed by atoms with Gasteiger partial charge in [-0.1, -0.05) is 0 Å². The van der Waals surface area contributed by atoms with E-state index in [2.05, 4.69) is 16.8 Å². The van der Waals surface area contributed by atoms with Gasteiger partial charge in [-0.25, -0.2) is 0 Å². The number of piperidine rings is 1. The van der Waals surface area contributed by atoms with E-state index in [1.54, 1.807) is 0 Å². The number of aliphatic carboxylic acids is 1. The molecule has 15 heavy (non-hydrogen) atoms. The fourth-order valence-corrected chi connectivity index (χ4v) is 2.94. The summed E-state index contributed by atoms with van der Waals surface area (Å²) in [4.78, 5) is 15.0. The molecule has 4 nitrogen and oxygen atoms in total. The van der Waals surface area contributed by atoms with E-state index in [1.165, 1.54) is 32.4 Å². The Bertz CT molecular complexity index is 247. The number of hydrogen-bond donors (Lipinski definition) is 1. The first-order chi connectivity index (χ1) is 7.10. The van der Waals surface area contributed by atoms with Gasteiger partial charge in [0.25, 0.3) is 0 Å². The van der Waals surface area contributed by atoms with E-state index in [4.69, 9.17) is 5.11 Å². The molecule has 2 heterocycles. The number of carboxylic acids is 1. The van der Waals surface area contributed by atoms with Crippen molar-refractivity contribution in [3.05, 3.63) is 0 Å². The second kappa shape index (κ2) is 4.10. The van der Waals surface area contributed by atoms with Gasteiger partial charge in [0.2, 0.25) is 0 Å². The van der Waals surface area contributed by atoms with Crippen LogP contribution < -0.4 is 0 Å². The van der Waals surface area contributed by atoms with Crippen LogP contribution in [0.2, 0.25) is 0 Å². The minimum Gasteiger partial charge on any atom is -0.480 e. The molecule has 0 unspecified atom stereocenters. The van der Waals surface area contributed by atoms with Crippen LogP contribution in [-0.2, 0) is 4.79 Å². The number of likely N-dealkylation sites (tertiary alicyclic amines) is 2. The minimum atomic E-state index is -0.700. The Morgan fingerprint density at radius 3 is 2.33 bits per heavy atom. The Balaban J connectivity index is 1.84. The van der Waals surface area contributed by atoms with E-state index in [9.17, 15) is 4.79 Å². The topological polar surface area (TPSA) is 43.8 Å². The van der Waals surface area contributed by atoms with E-state index in [0.29, 0.717) is 5.41 Å². The Hall–Kier alpha value is -0.610. The molecular weight excluding hydrogens is 192 g/mol. The first kappa shape index (κ1) is 10.9. The fraction of sp³-hybridized carbons (Fsp3) is 0.909. The monoisotopic (exact) mass is 212 g/mol. The molecule has 0 atom stereocenters. The highest BCUT2D eigenvalue weighted by Gasteiger charge is 2.39. The number of hydrogen-bond acceptors (Lipinski definition) is 3. The molecule has 0 saturated carbocycles. The average molecular weight is 212 g/mol. The lowest BCUT2D eigenvalue weighted by molar-refractivity contribution is -0.138. The second-order valence-electron chi connectivity index (χ2n) is 5.16. The van der Waals surface area contributed by atoms with Crippen LogP contribution in [0.15, 0.2) is 0 Å². The van der Waals surface area contributed by atoms with Gasteiger partial charge in [-0.2, -0.15) is 0 Å². The van der Waals surface area contributed by atoms with Gasteiger partial charge in [-0.3, -0.25) is 9.69 Å². The highest BCUT2D eigenvalue weighted by Crippen LogP contribution is 2.39. The molecule has 0 bridgehead atoms. The molecule has 2 aliphatic rings. The van der Waals surface area contributed by atoms with Crippen LogP contribution in [0.1, 0.15) is 19.3 Å². The SMILES string of the molecule is CN1CCC2(CCN(CC(=O)O)CC2)C1. The molecule has 0 amide bonds. The standard InChI is InChI=1S/C11H20N2O2/c1-12-5-2-11(9-12)3-6-13(7-4-11)8-10(14)15/h2-9H2,1H3,(H,14,15). The molecule has 0 aromatic rings. The summed E-state index contributed by atoms with van der Waals surface area (Å²) < 4.78 is 0. The molecule has 4 heteroatoms. The zero-order valence-corrected chi connectivity index (χ0v) is 9.41. The van der Waals surface area contributed by atoms with Crippen LogP contribution in [0.3, 0.4) is 0 Å². The molecule has 86 valence electrons. The van der Waals surface area contributed by atoms with Crippen LogP contribution in [0.4, 0.5) is 0 Å². The summed E-state index contributed by atoms with van der Waals surface area (Å²) in [7, 11) is 2.18. The van der Waals surface area contributed by atoms with E-state index < -0.39 is 5.97 Å². The van der Waals surface area contributed by atoms with Gasteiger partial charge in [0.1, 0.15) is 0 Å². The Morgan fingerprint density at radius 2 is 1.87 bits per heavy atom. The maximum atomic E-state index is 10.6. The number of carbonyl (C=O) groups is 1. The predicted octanol–water partition coefficient (Wildman–Crippen LogP) is 0.489. The lowest BCUT2D eigenvalue weighted by atomic mass is 9.78. The number of carboxylic acid groups (broad SMARTS) is 1. The van der Waals surface area contributed by atoms with Gasteiger partial charge in [-0.15, -0.1) is 0 Å². The third kappa shape index (κ3) is 2.49. The lowest BCUT2D eigenvalue weighted by Gasteiger charge is -2.38. The third-order valence-corrected chi connectivity index (χ3v) is 3.90. The minimum absolute atomic E-state index is 0.214. The van der Waals surface area contributed by atoms with Gasteiger partial charge in [0.15, 0.2) is 0 Å². The molecule has 1 N–H and O–H groups in total. The van der Waals surface area contributed by atoms with Crippen molar-refractivity contribution in [1.29, 1.82) is 0 Å². The van der Waals surface area contributed by atoms with Crippen LogP contribution in [0.25, 0.3) is 0 Å². The molecule has 2 rings (SSSR count). The summed E-state index contributed by atoms with van der Waals surface area (Å²) in [5.41, 5.74) is 0.504. The van der Waals surface area contributed by atoms with Crippen LogP contribution >= 0.6 is 0 Å². The molecule has 2 aliphatic heterocycles. The number of nitrogens with zero attached hydrogens (tertiary/aromatic N) is 2. The zero-order valence-electron chi connectivity index (χ0n) is 9.41. The molecule has 0 aromatic heterocycles. The fourth-order valence-electron chi connectivity index (χ4n) is 2.94. The summed E-state index contributed by atoms with van der Waals surface area (Å²) in [6.07, 6.45) is 3.64. The highest BCUT2D eigenvalue weighted by molar-refractivity contribution is 5.69. The highest BCUT2D eigenvalue weighted by atomic mass is 16.4. The predicted molar refractivity (Wildman–Crippen MR) is 57.9 cm³/mol. The van der Waals surface area contributed by atoms with Crippen molar-refractivity contribution in [3.8, 4) is 0 Å². The third-order valence-electron chi connectivity index (χ3n) is 3.90. The van der Waals surface area contributed by atoms with Crippen molar-refractivity contribution >= 4 is 5.97 Å². The maximum Gasteiger partial charge on any atom is 0.317 e. The Labute approximate surface area is 90.9 Å². The van der Waals surface area contributed by atoms with E-state index in [-0.39, 0.29) is 6.54 Å². The summed E-state index contributed by atoms with van der Waals surface area (Å²) in [6.45, 7) is 4.54. The summed E-state index contributed by atoms with van der Waals surface area (Å²) in [6, 6.07) is 0. The summed E-state index contributed by atoms with van der Waals surface area (Å²) in [5, 5.41) is 8.71. The summed E-state index contributed by atoms with van der Waals surface area (Å²) >= 11 is 0. The quantitative estimate of drug-likeness (QED) is 0.723. The molecule has 2 saturated heterocycles. The van der Waals surface area contributed by atoms with Crippen LogP contribution in [0, 0.1) is 5.41 Å². The normalized spacial score (nSPS) is 27.3. The van der Waals surface area contributed by atoms with Gasteiger partial charge in [0.05, 0.1) is 6.54 Å². The van der Waals surface area contributed by atoms with Gasteiger partial charge < -0.3 is 10.0 Å². The van der Waals surface area contributed by atoms with Gasteiger partial charge in [0, 0.05) is 6.54 Å². The average Bonchev–Trinajstić information content (AvgIpc) is 2.52. The van der Waals surface area contributed by atoms with Crippen molar-refractivity contribution in [2.75, 3.05) is 39.8 Å². The van der Waals surface area contributed by atoms with Crippen molar-refractivity contribution in [2.24, 2.45) is 5.41 Å². The molecule has 0 aromatic carbocycles.